The number of pyridine rings is 1. The van der Waals surface area contributed by atoms with Crippen LogP contribution in [0.5, 0.6) is 11.5 Å². The number of aryl methyl sites for hydroxylation is 2. The number of hydrogen-bond donors (Lipinski definition) is 3. The summed E-state index contributed by atoms with van der Waals surface area (Å²) in [4.78, 5) is 28.1. The number of hydrogen-bond acceptors (Lipinski definition) is 8. The fourth-order valence-electron chi connectivity index (χ4n) is 4.47. The van der Waals surface area contributed by atoms with Crippen molar-refractivity contribution in [1.29, 1.82) is 0 Å². The monoisotopic (exact) mass is 486 g/mol. The van der Waals surface area contributed by atoms with Crippen molar-refractivity contribution in [2.45, 2.75) is 39.2 Å². The highest BCUT2D eigenvalue weighted by Gasteiger charge is 2.26. The normalized spacial score (nSPS) is 17.4. The van der Waals surface area contributed by atoms with Crippen molar-refractivity contribution in [3.63, 3.8) is 0 Å². The fraction of sp³-hybridized carbons (Fsp3) is 0.333. The number of ether oxygens (including phenoxy) is 1. The third-order valence-corrected chi connectivity index (χ3v) is 6.40. The van der Waals surface area contributed by atoms with Crippen molar-refractivity contribution in [2.75, 3.05) is 30.3 Å². The van der Waals surface area contributed by atoms with Crippen LogP contribution in [0.3, 0.4) is 0 Å². The van der Waals surface area contributed by atoms with Crippen LogP contribution < -0.4 is 15.4 Å². The minimum Gasteiger partial charge on any atom is -0.455 e. The largest absolute Gasteiger partial charge is 0.455 e. The first-order valence-corrected chi connectivity index (χ1v) is 12.2. The average molecular weight is 487 g/mol. The van der Waals surface area contributed by atoms with Crippen molar-refractivity contribution < 1.29 is 14.6 Å². The van der Waals surface area contributed by atoms with Gasteiger partial charge in [-0.05, 0) is 75.1 Å². The fourth-order valence-corrected chi connectivity index (χ4v) is 4.47. The summed E-state index contributed by atoms with van der Waals surface area (Å²) in [6.45, 7) is 5.55. The summed E-state index contributed by atoms with van der Waals surface area (Å²) in [7, 11) is 0. The number of carbonyl (C=O) groups is 1. The van der Waals surface area contributed by atoms with E-state index in [0.717, 1.165) is 41.1 Å². The third-order valence-electron chi connectivity index (χ3n) is 6.40. The number of piperidine rings is 1. The number of aromatic nitrogens is 3. The number of carbonyl (C=O) groups excluding carboxylic acids is 1. The van der Waals surface area contributed by atoms with Gasteiger partial charge in [0.15, 0.2) is 0 Å². The highest BCUT2D eigenvalue weighted by Crippen LogP contribution is 2.32. The van der Waals surface area contributed by atoms with Gasteiger partial charge in [-0.1, -0.05) is 0 Å². The molecular formula is C27H30N6O3. The zero-order valence-corrected chi connectivity index (χ0v) is 20.5. The number of aliphatic hydroxyl groups excluding tert-OH is 1. The van der Waals surface area contributed by atoms with Gasteiger partial charge in [-0.3, -0.25) is 9.78 Å². The Morgan fingerprint density at radius 1 is 1.19 bits per heavy atom. The van der Waals surface area contributed by atoms with E-state index in [9.17, 15) is 9.90 Å². The van der Waals surface area contributed by atoms with Crippen LogP contribution in [0.2, 0.25) is 0 Å². The average Bonchev–Trinajstić information content (AvgIpc) is 3.10. The topological polar surface area (TPSA) is 112 Å². The Morgan fingerprint density at radius 3 is 2.86 bits per heavy atom. The second kappa shape index (κ2) is 10.3. The summed E-state index contributed by atoms with van der Waals surface area (Å²) >= 11 is 0. The van der Waals surface area contributed by atoms with Crippen molar-refractivity contribution >= 4 is 29.3 Å². The lowest BCUT2D eigenvalue weighted by molar-refractivity contribution is -0.130. The van der Waals surface area contributed by atoms with E-state index in [-0.39, 0.29) is 5.91 Å². The molecule has 4 heterocycles. The molecule has 1 amide bonds. The number of rotatable bonds is 5. The molecule has 3 aromatic rings. The number of benzene rings is 1. The molecule has 9 heteroatoms. The Balaban J connectivity index is 1.38. The molecule has 0 saturated carbocycles. The van der Waals surface area contributed by atoms with Gasteiger partial charge in [0.25, 0.3) is 0 Å². The lowest BCUT2D eigenvalue weighted by Gasteiger charge is -2.30. The SMILES string of the molecule is Cc1ccc(Oc2ccc(Nc3ncnc4c3C=C(C(=O)N3CCCC(O)C3)CCN4)cc2C)cn1. The van der Waals surface area contributed by atoms with Gasteiger partial charge in [0.05, 0.1) is 17.9 Å². The minimum absolute atomic E-state index is 0.0406. The number of anilines is 3. The summed E-state index contributed by atoms with van der Waals surface area (Å²) in [6, 6.07) is 9.62. The maximum absolute atomic E-state index is 13.2. The molecule has 5 rings (SSSR count). The van der Waals surface area contributed by atoms with Crippen molar-refractivity contribution in [3.8, 4) is 11.5 Å². The Kier molecular flexibility index (Phi) is 6.81. The Labute approximate surface area is 210 Å². The highest BCUT2D eigenvalue weighted by molar-refractivity contribution is 6.00. The molecule has 2 aliphatic rings. The van der Waals surface area contributed by atoms with E-state index in [1.165, 1.54) is 6.33 Å². The van der Waals surface area contributed by atoms with E-state index in [4.69, 9.17) is 4.74 Å². The smallest absolute Gasteiger partial charge is 0.249 e. The number of likely N-dealkylation sites (tertiary alicyclic amines) is 1. The molecule has 0 radical (unpaired) electrons. The minimum atomic E-state index is -0.461. The first-order chi connectivity index (χ1) is 17.5. The molecule has 2 aromatic heterocycles. The van der Waals surface area contributed by atoms with E-state index < -0.39 is 6.10 Å². The van der Waals surface area contributed by atoms with Crippen molar-refractivity contribution in [2.24, 2.45) is 0 Å². The maximum atomic E-state index is 13.2. The molecule has 2 aliphatic heterocycles. The van der Waals surface area contributed by atoms with Gasteiger partial charge >= 0.3 is 0 Å². The number of amides is 1. The molecule has 0 bridgehead atoms. The number of β-amino-alcohol motifs (C(OH)–C–C–N with tert-alkyl or cyclic N) is 1. The standard InChI is InChI=1S/C27H30N6O3/c1-17-12-20(6-8-24(17)36-22-7-5-18(2)29-14-22)32-26-23-13-19(9-10-28-25(23)30-16-31-26)27(35)33-11-3-4-21(34)15-33/h5-8,12-14,16,21,34H,3-4,9-11,15H2,1-2H3,(H2,28,30,31,32). The lowest BCUT2D eigenvalue weighted by Crippen LogP contribution is -2.42. The molecule has 186 valence electrons. The van der Waals surface area contributed by atoms with Crippen molar-refractivity contribution in [3.05, 3.63) is 65.2 Å². The van der Waals surface area contributed by atoms with E-state index in [1.54, 1.807) is 11.1 Å². The van der Waals surface area contributed by atoms with Gasteiger partial charge in [-0.15, -0.1) is 0 Å². The van der Waals surface area contributed by atoms with Crippen LogP contribution in [0, 0.1) is 13.8 Å². The molecule has 0 aliphatic carbocycles. The second-order valence-corrected chi connectivity index (χ2v) is 9.22. The Morgan fingerprint density at radius 2 is 2.08 bits per heavy atom. The van der Waals surface area contributed by atoms with E-state index in [2.05, 4.69) is 25.6 Å². The molecule has 1 unspecified atom stereocenters. The summed E-state index contributed by atoms with van der Waals surface area (Å²) in [6.07, 6.45) is 6.74. The second-order valence-electron chi connectivity index (χ2n) is 9.22. The van der Waals surface area contributed by atoms with Crippen LogP contribution in [-0.2, 0) is 4.79 Å². The number of aliphatic hydroxyl groups is 1. The molecular weight excluding hydrogens is 456 g/mol. The van der Waals surface area contributed by atoms with E-state index in [0.29, 0.717) is 49.0 Å². The summed E-state index contributed by atoms with van der Waals surface area (Å²) in [5, 5.41) is 16.7. The predicted molar refractivity (Wildman–Crippen MR) is 138 cm³/mol. The first-order valence-electron chi connectivity index (χ1n) is 12.2. The molecule has 1 fully saturated rings. The van der Waals surface area contributed by atoms with Gasteiger partial charge in [0.1, 0.15) is 29.5 Å². The number of fused-ring (bicyclic) bond motifs is 1. The third kappa shape index (κ3) is 5.31. The summed E-state index contributed by atoms with van der Waals surface area (Å²) in [5.41, 5.74) is 4.14. The van der Waals surface area contributed by atoms with Crippen LogP contribution in [0.25, 0.3) is 6.08 Å². The van der Waals surface area contributed by atoms with Crippen LogP contribution >= 0.6 is 0 Å². The first kappa shape index (κ1) is 23.7. The quantitative estimate of drug-likeness (QED) is 0.492. The number of nitrogens with zero attached hydrogens (tertiary/aromatic N) is 4. The molecule has 1 saturated heterocycles. The van der Waals surface area contributed by atoms with Crippen LogP contribution in [0.4, 0.5) is 17.3 Å². The summed E-state index contributed by atoms with van der Waals surface area (Å²) < 4.78 is 5.99. The zero-order valence-electron chi connectivity index (χ0n) is 20.5. The number of nitrogens with one attached hydrogen (secondary N) is 2. The molecule has 3 N–H and O–H groups in total. The molecule has 1 atom stereocenters. The predicted octanol–water partition coefficient (Wildman–Crippen LogP) is 4.21. The van der Waals surface area contributed by atoms with Crippen molar-refractivity contribution in [1.82, 2.24) is 19.9 Å². The Bertz CT molecular complexity index is 1290. The molecule has 36 heavy (non-hydrogen) atoms. The van der Waals surface area contributed by atoms with Crippen LogP contribution in [-0.4, -0.2) is 56.6 Å². The molecule has 0 spiro atoms. The highest BCUT2D eigenvalue weighted by atomic mass is 16.5. The van der Waals surface area contributed by atoms with E-state index in [1.807, 2.05) is 50.3 Å². The van der Waals surface area contributed by atoms with Crippen LogP contribution in [0.15, 0.2) is 48.4 Å². The van der Waals surface area contributed by atoms with Gasteiger partial charge in [0, 0.05) is 36.6 Å². The zero-order chi connectivity index (χ0) is 25.1. The van der Waals surface area contributed by atoms with Crippen LogP contribution in [0.1, 0.15) is 36.1 Å². The maximum Gasteiger partial charge on any atom is 0.249 e. The van der Waals surface area contributed by atoms with E-state index >= 15 is 0 Å². The van der Waals surface area contributed by atoms with Gasteiger partial charge in [0.2, 0.25) is 5.91 Å². The van der Waals surface area contributed by atoms with Gasteiger partial charge in [-0.25, -0.2) is 9.97 Å². The summed E-state index contributed by atoms with van der Waals surface area (Å²) in [5.74, 6) is 2.67. The Hall–Kier alpha value is -3.98. The van der Waals surface area contributed by atoms with Gasteiger partial charge < -0.3 is 25.4 Å². The van der Waals surface area contributed by atoms with Gasteiger partial charge in [-0.2, -0.15) is 0 Å². The lowest BCUT2D eigenvalue weighted by atomic mass is 10.0. The molecule has 9 nitrogen and oxygen atoms in total. The molecule has 1 aromatic carbocycles.